The summed E-state index contributed by atoms with van der Waals surface area (Å²) in [6, 6.07) is 5.89. The molecule has 2 unspecified atom stereocenters. The fraction of sp³-hybridized carbons (Fsp3) is 0.611. The highest BCUT2D eigenvalue weighted by Crippen LogP contribution is 2.45. The third-order valence-electron chi connectivity index (χ3n) is 5.04. The van der Waals surface area contributed by atoms with Gasteiger partial charge in [0.1, 0.15) is 5.75 Å². The van der Waals surface area contributed by atoms with Crippen LogP contribution < -0.4 is 10.1 Å². The van der Waals surface area contributed by atoms with Gasteiger partial charge in [-0.2, -0.15) is 0 Å². The van der Waals surface area contributed by atoms with Gasteiger partial charge in [0.2, 0.25) is 5.91 Å². The molecule has 1 saturated carbocycles. The molecule has 2 atom stereocenters. The third kappa shape index (κ3) is 4.09. The van der Waals surface area contributed by atoms with Crippen LogP contribution in [0.3, 0.4) is 0 Å². The summed E-state index contributed by atoms with van der Waals surface area (Å²) in [6.07, 6.45) is 3.26. The number of ether oxygens (including phenoxy) is 1. The normalized spacial score (nSPS) is 23.7. The Bertz CT molecular complexity index is 725. The second-order valence-electron chi connectivity index (χ2n) is 7.04. The van der Waals surface area contributed by atoms with Crippen LogP contribution in [0.15, 0.2) is 18.2 Å². The number of aryl methyl sites for hydroxylation is 1. The number of hydrogen-bond donors (Lipinski definition) is 1. The topological polar surface area (TPSA) is 72.5 Å². The first-order chi connectivity index (χ1) is 11.4. The quantitative estimate of drug-likeness (QED) is 0.853. The SMILES string of the molecule is COc1ccc(C(CC(=O)NC2CCS(=O)(=O)C2)C2CC2)cc1C. The fourth-order valence-corrected chi connectivity index (χ4v) is 5.26. The molecule has 132 valence electrons. The number of rotatable bonds is 6. The van der Waals surface area contributed by atoms with E-state index < -0.39 is 9.84 Å². The standard InChI is InChI=1S/C18H25NO4S/c1-12-9-14(5-6-17(12)23-2)16(13-3-4-13)10-18(20)19-15-7-8-24(21,22)11-15/h5-6,9,13,15-16H,3-4,7-8,10-11H2,1-2H3,(H,19,20). The van der Waals surface area contributed by atoms with Crippen LogP contribution in [-0.2, 0) is 14.6 Å². The Morgan fingerprint density at radius 3 is 2.62 bits per heavy atom. The minimum Gasteiger partial charge on any atom is -0.496 e. The van der Waals surface area contributed by atoms with Gasteiger partial charge in [0.15, 0.2) is 9.84 Å². The van der Waals surface area contributed by atoms with Crippen LogP contribution >= 0.6 is 0 Å². The highest BCUT2D eigenvalue weighted by atomic mass is 32.2. The molecule has 1 aromatic rings. The lowest BCUT2D eigenvalue weighted by Gasteiger charge is -2.19. The summed E-state index contributed by atoms with van der Waals surface area (Å²) in [5, 5.41) is 2.91. The van der Waals surface area contributed by atoms with Crippen molar-refractivity contribution in [3.8, 4) is 5.75 Å². The van der Waals surface area contributed by atoms with E-state index in [0.29, 0.717) is 18.8 Å². The molecule has 1 amide bonds. The van der Waals surface area contributed by atoms with E-state index in [1.165, 1.54) is 5.56 Å². The predicted molar refractivity (Wildman–Crippen MR) is 93.0 cm³/mol. The molecule has 0 bridgehead atoms. The minimum atomic E-state index is -2.97. The molecule has 3 rings (SSSR count). The molecule has 1 aliphatic carbocycles. The lowest BCUT2D eigenvalue weighted by atomic mass is 9.89. The zero-order chi connectivity index (χ0) is 17.3. The molecular formula is C18H25NO4S. The summed E-state index contributed by atoms with van der Waals surface area (Å²) in [6.45, 7) is 2.01. The van der Waals surface area contributed by atoms with Crippen LogP contribution in [-0.4, -0.2) is 39.0 Å². The lowest BCUT2D eigenvalue weighted by molar-refractivity contribution is -0.122. The number of sulfone groups is 1. The molecule has 1 aliphatic heterocycles. The van der Waals surface area contributed by atoms with E-state index in [9.17, 15) is 13.2 Å². The smallest absolute Gasteiger partial charge is 0.220 e. The molecule has 0 radical (unpaired) electrons. The van der Waals surface area contributed by atoms with E-state index in [1.54, 1.807) is 7.11 Å². The third-order valence-corrected chi connectivity index (χ3v) is 6.81. The predicted octanol–water partition coefficient (Wildman–Crippen LogP) is 2.19. The lowest BCUT2D eigenvalue weighted by Crippen LogP contribution is -2.36. The molecule has 0 spiro atoms. The van der Waals surface area contributed by atoms with Crippen LogP contribution in [0.25, 0.3) is 0 Å². The van der Waals surface area contributed by atoms with Gasteiger partial charge in [-0.3, -0.25) is 4.79 Å². The van der Waals surface area contributed by atoms with Crippen LogP contribution in [0.2, 0.25) is 0 Å². The molecule has 1 N–H and O–H groups in total. The Hall–Kier alpha value is -1.56. The van der Waals surface area contributed by atoms with E-state index in [2.05, 4.69) is 11.4 Å². The van der Waals surface area contributed by atoms with Gasteiger partial charge in [-0.25, -0.2) is 8.42 Å². The average molecular weight is 351 g/mol. The number of hydrogen-bond acceptors (Lipinski definition) is 4. The van der Waals surface area contributed by atoms with Crippen LogP contribution in [0.4, 0.5) is 0 Å². The second kappa shape index (κ2) is 6.75. The zero-order valence-electron chi connectivity index (χ0n) is 14.2. The van der Waals surface area contributed by atoms with Gasteiger partial charge in [0, 0.05) is 12.5 Å². The molecule has 1 saturated heterocycles. The Morgan fingerprint density at radius 2 is 2.08 bits per heavy atom. The van der Waals surface area contributed by atoms with Crippen molar-refractivity contribution in [3.63, 3.8) is 0 Å². The van der Waals surface area contributed by atoms with E-state index >= 15 is 0 Å². The number of nitrogens with one attached hydrogen (secondary N) is 1. The Morgan fingerprint density at radius 1 is 1.33 bits per heavy atom. The molecule has 6 heteroatoms. The maximum atomic E-state index is 12.4. The van der Waals surface area contributed by atoms with Crippen molar-refractivity contribution in [1.82, 2.24) is 5.32 Å². The molecule has 1 heterocycles. The van der Waals surface area contributed by atoms with Gasteiger partial charge in [0.05, 0.1) is 18.6 Å². The van der Waals surface area contributed by atoms with Crippen molar-refractivity contribution in [2.24, 2.45) is 5.92 Å². The second-order valence-corrected chi connectivity index (χ2v) is 9.27. The maximum absolute atomic E-state index is 12.4. The first kappa shape index (κ1) is 17.3. The van der Waals surface area contributed by atoms with Gasteiger partial charge >= 0.3 is 0 Å². The first-order valence-electron chi connectivity index (χ1n) is 8.52. The van der Waals surface area contributed by atoms with Gasteiger partial charge in [0.25, 0.3) is 0 Å². The molecule has 0 aromatic heterocycles. The van der Waals surface area contributed by atoms with Crippen molar-refractivity contribution < 1.29 is 17.9 Å². The van der Waals surface area contributed by atoms with Crippen molar-refractivity contribution >= 4 is 15.7 Å². The number of carbonyl (C=O) groups is 1. The van der Waals surface area contributed by atoms with Gasteiger partial charge in [-0.15, -0.1) is 0 Å². The van der Waals surface area contributed by atoms with Crippen LogP contribution in [0, 0.1) is 12.8 Å². The average Bonchev–Trinajstić information content (AvgIpc) is 3.29. The number of carbonyl (C=O) groups excluding carboxylic acids is 1. The van der Waals surface area contributed by atoms with Crippen LogP contribution in [0.5, 0.6) is 5.75 Å². The summed E-state index contributed by atoms with van der Waals surface area (Å²) >= 11 is 0. The Labute approximate surface area is 143 Å². The fourth-order valence-electron chi connectivity index (χ4n) is 3.58. The Balaban J connectivity index is 1.66. The van der Waals surface area contributed by atoms with Gasteiger partial charge in [-0.1, -0.05) is 12.1 Å². The zero-order valence-corrected chi connectivity index (χ0v) is 15.1. The van der Waals surface area contributed by atoms with E-state index in [4.69, 9.17) is 4.74 Å². The van der Waals surface area contributed by atoms with Crippen molar-refractivity contribution in [1.29, 1.82) is 0 Å². The summed E-state index contributed by atoms with van der Waals surface area (Å²) in [7, 11) is -1.31. The van der Waals surface area contributed by atoms with Crippen molar-refractivity contribution in [3.05, 3.63) is 29.3 Å². The minimum absolute atomic E-state index is 0.0394. The number of amides is 1. The van der Waals surface area contributed by atoms with Crippen molar-refractivity contribution in [2.75, 3.05) is 18.6 Å². The molecular weight excluding hydrogens is 326 g/mol. The number of benzene rings is 1. The van der Waals surface area contributed by atoms with Gasteiger partial charge in [-0.05, 0) is 55.2 Å². The summed E-state index contributed by atoms with van der Waals surface area (Å²) in [5.74, 6) is 1.83. The molecule has 24 heavy (non-hydrogen) atoms. The van der Waals surface area contributed by atoms with E-state index in [-0.39, 0.29) is 29.4 Å². The highest BCUT2D eigenvalue weighted by Gasteiger charge is 2.35. The van der Waals surface area contributed by atoms with Gasteiger partial charge < -0.3 is 10.1 Å². The molecule has 1 aromatic carbocycles. The molecule has 2 aliphatic rings. The summed E-state index contributed by atoms with van der Waals surface area (Å²) in [4.78, 5) is 12.4. The monoisotopic (exact) mass is 351 g/mol. The largest absolute Gasteiger partial charge is 0.496 e. The first-order valence-corrected chi connectivity index (χ1v) is 10.3. The van der Waals surface area contributed by atoms with E-state index in [1.807, 2.05) is 19.1 Å². The van der Waals surface area contributed by atoms with Crippen LogP contribution in [0.1, 0.15) is 42.7 Å². The molecule has 2 fully saturated rings. The Kier molecular flexibility index (Phi) is 4.85. The maximum Gasteiger partial charge on any atom is 0.220 e. The van der Waals surface area contributed by atoms with Crippen molar-refractivity contribution in [2.45, 2.75) is 44.6 Å². The highest BCUT2D eigenvalue weighted by molar-refractivity contribution is 7.91. The molecule has 5 nitrogen and oxygen atoms in total. The van der Waals surface area contributed by atoms with E-state index in [0.717, 1.165) is 24.2 Å². The summed E-state index contributed by atoms with van der Waals surface area (Å²) in [5.41, 5.74) is 2.24. The number of methoxy groups -OCH3 is 1. The summed E-state index contributed by atoms with van der Waals surface area (Å²) < 4.78 is 28.3.